The van der Waals surface area contributed by atoms with Crippen molar-refractivity contribution < 1.29 is 4.74 Å². The van der Waals surface area contributed by atoms with E-state index >= 15 is 0 Å². The van der Waals surface area contributed by atoms with Gasteiger partial charge < -0.3 is 4.74 Å². The zero-order valence-electron chi connectivity index (χ0n) is 8.02. The van der Waals surface area contributed by atoms with Gasteiger partial charge in [-0.1, -0.05) is 28.1 Å². The zero-order chi connectivity index (χ0) is 10.5. The Morgan fingerprint density at radius 3 is 3.07 bits per heavy atom. The van der Waals surface area contributed by atoms with Crippen molar-refractivity contribution in [3.63, 3.8) is 0 Å². The van der Waals surface area contributed by atoms with Gasteiger partial charge in [0.15, 0.2) is 0 Å². The number of hydrogen-bond acceptors (Lipinski definition) is 3. The number of alkyl halides is 1. The van der Waals surface area contributed by atoms with Crippen molar-refractivity contribution in [2.75, 3.05) is 0 Å². The van der Waals surface area contributed by atoms with Gasteiger partial charge in [-0.2, -0.15) is 0 Å². The van der Waals surface area contributed by atoms with Crippen LogP contribution in [0.5, 0.6) is 5.75 Å². The summed E-state index contributed by atoms with van der Waals surface area (Å²) in [5.41, 5.74) is 1.21. The topological polar surface area (TPSA) is 22.1 Å². The first-order valence-electron chi connectivity index (χ1n) is 4.54. The molecule has 0 spiro atoms. The van der Waals surface area contributed by atoms with E-state index < -0.39 is 0 Å². The predicted octanol–water partition coefficient (Wildman–Crippen LogP) is 3.62. The Morgan fingerprint density at radius 1 is 1.40 bits per heavy atom. The highest BCUT2D eigenvalue weighted by Gasteiger charge is 1.98. The lowest BCUT2D eigenvalue weighted by atomic mass is 10.2. The maximum absolute atomic E-state index is 5.62. The minimum Gasteiger partial charge on any atom is -0.486 e. The van der Waals surface area contributed by atoms with Gasteiger partial charge in [0.05, 0.1) is 0 Å². The molecule has 0 amide bonds. The SMILES string of the molecule is BrCc1cccc(OCc2nccs2)c1. The summed E-state index contributed by atoms with van der Waals surface area (Å²) in [7, 11) is 0. The minimum atomic E-state index is 0.545. The molecular formula is C11H10BrNOS. The second-order valence-corrected chi connectivity index (χ2v) is 4.54. The summed E-state index contributed by atoms with van der Waals surface area (Å²) in [4.78, 5) is 4.16. The van der Waals surface area contributed by atoms with Crippen LogP contribution in [-0.2, 0) is 11.9 Å². The van der Waals surface area contributed by atoms with E-state index in [1.54, 1.807) is 17.5 Å². The lowest BCUT2D eigenvalue weighted by molar-refractivity contribution is 0.305. The number of ether oxygens (including phenoxy) is 1. The fourth-order valence-electron chi connectivity index (χ4n) is 1.19. The average molecular weight is 284 g/mol. The van der Waals surface area contributed by atoms with Crippen molar-refractivity contribution in [2.24, 2.45) is 0 Å². The van der Waals surface area contributed by atoms with Gasteiger partial charge in [-0.3, -0.25) is 0 Å². The normalized spacial score (nSPS) is 10.2. The molecule has 0 bridgehead atoms. The Labute approximate surface area is 101 Å². The van der Waals surface area contributed by atoms with Crippen LogP contribution in [0.3, 0.4) is 0 Å². The van der Waals surface area contributed by atoms with E-state index in [-0.39, 0.29) is 0 Å². The van der Waals surface area contributed by atoms with Crippen molar-refractivity contribution in [3.8, 4) is 5.75 Å². The molecule has 2 aromatic rings. The van der Waals surface area contributed by atoms with Crippen LogP contribution in [0.15, 0.2) is 35.8 Å². The number of nitrogens with zero attached hydrogens (tertiary/aromatic N) is 1. The van der Waals surface area contributed by atoms with E-state index in [9.17, 15) is 0 Å². The van der Waals surface area contributed by atoms with Crippen LogP contribution in [0, 0.1) is 0 Å². The number of thiazole rings is 1. The number of rotatable bonds is 4. The quantitative estimate of drug-likeness (QED) is 0.800. The van der Waals surface area contributed by atoms with Crippen molar-refractivity contribution in [1.29, 1.82) is 0 Å². The molecule has 1 aromatic heterocycles. The molecule has 0 saturated carbocycles. The van der Waals surface area contributed by atoms with Crippen LogP contribution in [0.2, 0.25) is 0 Å². The first-order chi connectivity index (χ1) is 7.38. The minimum absolute atomic E-state index is 0.545. The molecule has 2 rings (SSSR count). The molecule has 15 heavy (non-hydrogen) atoms. The highest BCUT2D eigenvalue weighted by molar-refractivity contribution is 9.08. The third-order valence-corrected chi connectivity index (χ3v) is 3.30. The molecule has 1 heterocycles. The average Bonchev–Trinajstić information content (AvgIpc) is 2.79. The van der Waals surface area contributed by atoms with Crippen LogP contribution in [0.25, 0.3) is 0 Å². The fourth-order valence-corrected chi connectivity index (χ4v) is 2.06. The molecule has 0 unspecified atom stereocenters. The maximum Gasteiger partial charge on any atom is 0.140 e. The Hall–Kier alpha value is -0.870. The molecule has 78 valence electrons. The first kappa shape index (κ1) is 10.6. The Morgan fingerprint density at radius 2 is 2.33 bits per heavy atom. The molecule has 0 aliphatic rings. The number of aromatic nitrogens is 1. The highest BCUT2D eigenvalue weighted by Crippen LogP contribution is 2.17. The third kappa shape index (κ3) is 3.04. The van der Waals surface area contributed by atoms with Crippen molar-refractivity contribution in [1.82, 2.24) is 4.98 Å². The largest absolute Gasteiger partial charge is 0.486 e. The molecule has 0 radical (unpaired) electrons. The molecule has 0 N–H and O–H groups in total. The Kier molecular flexibility index (Phi) is 3.75. The van der Waals surface area contributed by atoms with Gasteiger partial charge in [-0.15, -0.1) is 11.3 Å². The monoisotopic (exact) mass is 283 g/mol. The first-order valence-corrected chi connectivity index (χ1v) is 6.54. The van der Waals surface area contributed by atoms with Crippen LogP contribution < -0.4 is 4.74 Å². The van der Waals surface area contributed by atoms with Gasteiger partial charge in [0, 0.05) is 16.9 Å². The summed E-state index contributed by atoms with van der Waals surface area (Å²) in [6, 6.07) is 8.04. The van der Waals surface area contributed by atoms with E-state index in [2.05, 4.69) is 27.0 Å². The van der Waals surface area contributed by atoms with Gasteiger partial charge in [-0.05, 0) is 17.7 Å². The number of benzene rings is 1. The van der Waals surface area contributed by atoms with E-state index in [1.165, 1.54) is 5.56 Å². The summed E-state index contributed by atoms with van der Waals surface area (Å²) in [5, 5.41) is 3.80. The van der Waals surface area contributed by atoms with Crippen molar-refractivity contribution >= 4 is 27.3 Å². The van der Waals surface area contributed by atoms with Crippen molar-refractivity contribution in [2.45, 2.75) is 11.9 Å². The van der Waals surface area contributed by atoms with Crippen molar-refractivity contribution in [3.05, 3.63) is 46.4 Å². The molecule has 0 aliphatic heterocycles. The molecule has 0 atom stereocenters. The standard InChI is InChI=1S/C11H10BrNOS/c12-7-9-2-1-3-10(6-9)14-8-11-13-4-5-15-11/h1-6H,7-8H2. The summed E-state index contributed by atoms with van der Waals surface area (Å²) < 4.78 is 5.62. The predicted molar refractivity (Wildman–Crippen MR) is 65.5 cm³/mol. The van der Waals surface area contributed by atoms with Crippen LogP contribution in [0.4, 0.5) is 0 Å². The number of hydrogen-bond donors (Lipinski definition) is 0. The molecule has 0 fully saturated rings. The number of halogens is 1. The summed E-state index contributed by atoms with van der Waals surface area (Å²) >= 11 is 5.02. The van der Waals surface area contributed by atoms with E-state index in [0.717, 1.165) is 16.1 Å². The highest BCUT2D eigenvalue weighted by atomic mass is 79.9. The smallest absolute Gasteiger partial charge is 0.140 e. The molecule has 0 aliphatic carbocycles. The molecule has 1 aromatic carbocycles. The van der Waals surface area contributed by atoms with Gasteiger partial charge >= 0.3 is 0 Å². The molecule has 2 nitrogen and oxygen atoms in total. The maximum atomic E-state index is 5.62. The lowest BCUT2D eigenvalue weighted by Gasteiger charge is -2.04. The van der Waals surface area contributed by atoms with E-state index in [0.29, 0.717) is 6.61 Å². The van der Waals surface area contributed by atoms with Crippen LogP contribution in [-0.4, -0.2) is 4.98 Å². The summed E-state index contributed by atoms with van der Waals surface area (Å²) in [6.07, 6.45) is 1.79. The van der Waals surface area contributed by atoms with E-state index in [1.807, 2.05) is 23.6 Å². The molecule has 0 saturated heterocycles. The Balaban J connectivity index is 1.98. The van der Waals surface area contributed by atoms with Gasteiger partial charge in [0.25, 0.3) is 0 Å². The second-order valence-electron chi connectivity index (χ2n) is 3.00. The molecule has 4 heteroatoms. The van der Waals surface area contributed by atoms with Gasteiger partial charge in [0.2, 0.25) is 0 Å². The Bertz CT molecular complexity index is 416. The van der Waals surface area contributed by atoms with Crippen LogP contribution in [0.1, 0.15) is 10.6 Å². The fraction of sp³-hybridized carbons (Fsp3) is 0.182. The zero-order valence-corrected chi connectivity index (χ0v) is 10.4. The van der Waals surface area contributed by atoms with E-state index in [4.69, 9.17) is 4.74 Å². The summed E-state index contributed by atoms with van der Waals surface area (Å²) in [6.45, 7) is 0.545. The second kappa shape index (κ2) is 5.28. The van der Waals surface area contributed by atoms with Gasteiger partial charge in [-0.25, -0.2) is 4.98 Å². The lowest BCUT2D eigenvalue weighted by Crippen LogP contribution is -1.94. The third-order valence-electron chi connectivity index (χ3n) is 1.90. The van der Waals surface area contributed by atoms with Crippen LogP contribution >= 0.6 is 27.3 Å². The molecular weight excluding hydrogens is 274 g/mol. The van der Waals surface area contributed by atoms with Gasteiger partial charge in [0.1, 0.15) is 17.4 Å². The summed E-state index contributed by atoms with van der Waals surface area (Å²) in [5.74, 6) is 0.891.